The van der Waals surface area contributed by atoms with Crippen LogP contribution in [0, 0.1) is 11.8 Å². The summed E-state index contributed by atoms with van der Waals surface area (Å²) in [5.41, 5.74) is 9.92. The first-order valence-corrected chi connectivity index (χ1v) is 14.7. The molecule has 0 spiro atoms. The van der Waals surface area contributed by atoms with Gasteiger partial charge in [0.15, 0.2) is 0 Å². The quantitative estimate of drug-likeness (QED) is 0.366. The highest BCUT2D eigenvalue weighted by Crippen LogP contribution is 2.42. The van der Waals surface area contributed by atoms with E-state index in [4.69, 9.17) is 10.5 Å². The minimum atomic E-state index is -0.779. The first-order valence-electron chi connectivity index (χ1n) is 14.7. The molecule has 0 saturated carbocycles. The van der Waals surface area contributed by atoms with Gasteiger partial charge in [-0.3, -0.25) is 14.5 Å². The third-order valence-corrected chi connectivity index (χ3v) is 8.43. The van der Waals surface area contributed by atoms with Crippen LogP contribution in [-0.4, -0.2) is 54.2 Å². The summed E-state index contributed by atoms with van der Waals surface area (Å²) in [6.07, 6.45) is 5.59. The minimum Gasteiger partial charge on any atom is -0.493 e. The van der Waals surface area contributed by atoms with Gasteiger partial charge in [0, 0.05) is 43.7 Å². The molecular formula is C32H45N3O4. The first-order chi connectivity index (χ1) is 18.9. The second kappa shape index (κ2) is 13.4. The molecule has 4 rings (SSSR count). The topological polar surface area (TPSA) is 96.1 Å². The van der Waals surface area contributed by atoms with Gasteiger partial charge in [0.1, 0.15) is 5.75 Å². The Hall–Kier alpha value is -2.90. The number of carbonyl (C=O) groups excluding carboxylic acids is 1. The number of hydrogen-bond acceptors (Lipinski definition) is 5. The molecule has 3 N–H and O–H groups in total. The molecule has 0 aromatic heterocycles. The van der Waals surface area contributed by atoms with Crippen LogP contribution in [0.15, 0.2) is 42.5 Å². The van der Waals surface area contributed by atoms with Gasteiger partial charge < -0.3 is 20.5 Å². The first kappa shape index (κ1) is 29.1. The molecule has 0 radical (unpaired) electrons. The van der Waals surface area contributed by atoms with E-state index in [1.807, 2.05) is 41.3 Å². The van der Waals surface area contributed by atoms with E-state index in [0.29, 0.717) is 32.2 Å². The van der Waals surface area contributed by atoms with Crippen LogP contribution in [0.25, 0.3) is 0 Å². The number of aliphatic carboxylic acids is 1. The SMILES string of the molecule is CCCCN(C(=O)CN1C[C@H](c2ccc3c(c2)CCO3)C(C(=O)O)[C@@H]1CC(C)CCC)c1cccc(CN)c1. The molecule has 2 aromatic carbocycles. The zero-order valence-corrected chi connectivity index (χ0v) is 23.8. The van der Waals surface area contributed by atoms with E-state index >= 15 is 0 Å². The van der Waals surface area contributed by atoms with Crippen molar-refractivity contribution in [3.05, 3.63) is 59.2 Å². The molecule has 39 heavy (non-hydrogen) atoms. The third-order valence-electron chi connectivity index (χ3n) is 8.43. The molecule has 2 aliphatic heterocycles. The largest absolute Gasteiger partial charge is 0.493 e. The zero-order valence-electron chi connectivity index (χ0n) is 23.8. The number of likely N-dealkylation sites (tertiary alicyclic amines) is 1. The number of unbranched alkanes of at least 4 members (excludes halogenated alkanes) is 1. The van der Waals surface area contributed by atoms with Crippen LogP contribution in [0.3, 0.4) is 0 Å². The molecule has 0 aliphatic carbocycles. The van der Waals surface area contributed by atoms with E-state index in [1.165, 1.54) is 0 Å². The maximum absolute atomic E-state index is 13.9. The molecule has 1 saturated heterocycles. The summed E-state index contributed by atoms with van der Waals surface area (Å²) in [6.45, 7) is 8.96. The van der Waals surface area contributed by atoms with Crippen LogP contribution in [0.1, 0.15) is 75.5 Å². The summed E-state index contributed by atoms with van der Waals surface area (Å²) >= 11 is 0. The zero-order chi connectivity index (χ0) is 27.9. The second-order valence-corrected chi connectivity index (χ2v) is 11.3. The van der Waals surface area contributed by atoms with E-state index in [-0.39, 0.29) is 24.4 Å². The number of rotatable bonds is 13. The van der Waals surface area contributed by atoms with E-state index in [0.717, 1.165) is 66.7 Å². The molecule has 2 unspecified atom stereocenters. The molecule has 2 heterocycles. The minimum absolute atomic E-state index is 0.0120. The highest BCUT2D eigenvalue weighted by atomic mass is 16.5. The van der Waals surface area contributed by atoms with E-state index in [2.05, 4.69) is 31.7 Å². The van der Waals surface area contributed by atoms with Gasteiger partial charge in [-0.15, -0.1) is 0 Å². The number of benzene rings is 2. The van der Waals surface area contributed by atoms with Gasteiger partial charge >= 0.3 is 5.97 Å². The molecule has 7 heteroatoms. The predicted molar refractivity (Wildman–Crippen MR) is 155 cm³/mol. The molecular weight excluding hydrogens is 490 g/mol. The van der Waals surface area contributed by atoms with Crippen molar-refractivity contribution >= 4 is 17.6 Å². The summed E-state index contributed by atoms with van der Waals surface area (Å²) in [7, 11) is 0. The van der Waals surface area contributed by atoms with Crippen molar-refractivity contribution in [1.82, 2.24) is 4.90 Å². The average Bonchev–Trinajstić information content (AvgIpc) is 3.53. The summed E-state index contributed by atoms with van der Waals surface area (Å²) in [6, 6.07) is 13.8. The normalized spacial score (nSPS) is 21.4. The van der Waals surface area contributed by atoms with Crippen LogP contribution in [0.2, 0.25) is 0 Å². The number of amides is 1. The number of hydrogen-bond donors (Lipinski definition) is 2. The van der Waals surface area contributed by atoms with Gasteiger partial charge in [-0.05, 0) is 53.6 Å². The van der Waals surface area contributed by atoms with E-state index in [1.54, 1.807) is 0 Å². The lowest BCUT2D eigenvalue weighted by molar-refractivity contribution is -0.143. The molecule has 7 nitrogen and oxygen atoms in total. The fourth-order valence-corrected chi connectivity index (χ4v) is 6.41. The Morgan fingerprint density at radius 1 is 1.18 bits per heavy atom. The molecule has 4 atom stereocenters. The van der Waals surface area contributed by atoms with E-state index in [9.17, 15) is 14.7 Å². The average molecular weight is 536 g/mol. The van der Waals surface area contributed by atoms with Crippen LogP contribution >= 0.6 is 0 Å². The lowest BCUT2D eigenvalue weighted by Gasteiger charge is -2.31. The van der Waals surface area contributed by atoms with Crippen LogP contribution in [0.5, 0.6) is 5.75 Å². The third kappa shape index (κ3) is 6.82. The van der Waals surface area contributed by atoms with E-state index < -0.39 is 11.9 Å². The predicted octanol–water partition coefficient (Wildman–Crippen LogP) is 5.21. The fraction of sp³-hybridized carbons (Fsp3) is 0.562. The van der Waals surface area contributed by atoms with Crippen molar-refractivity contribution in [1.29, 1.82) is 0 Å². The van der Waals surface area contributed by atoms with Crippen molar-refractivity contribution in [3.63, 3.8) is 0 Å². The lowest BCUT2D eigenvalue weighted by Crippen LogP contribution is -2.45. The standard InChI is InChI=1S/C32H45N3O4/c1-4-6-14-35(26-10-7-9-23(17-26)19-33)30(36)21-34-20-27(24-11-12-29-25(18-24)13-15-39-29)31(32(37)38)28(34)16-22(3)8-5-2/h7,9-12,17-18,22,27-28,31H,4-6,8,13-16,19-21,33H2,1-3H3,(H,37,38)/t22?,27-,28+,31?/m1/s1. The smallest absolute Gasteiger partial charge is 0.308 e. The Balaban J connectivity index is 1.64. The van der Waals surface area contributed by atoms with Crippen LogP contribution in [-0.2, 0) is 22.6 Å². The number of fused-ring (bicyclic) bond motifs is 1. The van der Waals surface area contributed by atoms with Crippen LogP contribution in [0.4, 0.5) is 5.69 Å². The van der Waals surface area contributed by atoms with Gasteiger partial charge in [-0.25, -0.2) is 0 Å². The Bertz CT molecular complexity index is 1140. The van der Waals surface area contributed by atoms with Crippen molar-refractivity contribution in [2.45, 2.75) is 77.8 Å². The number of nitrogens with zero attached hydrogens (tertiary/aromatic N) is 2. The molecule has 2 aliphatic rings. The van der Waals surface area contributed by atoms with Crippen molar-refractivity contribution < 1.29 is 19.4 Å². The second-order valence-electron chi connectivity index (χ2n) is 11.3. The Morgan fingerprint density at radius 2 is 2.00 bits per heavy atom. The fourth-order valence-electron chi connectivity index (χ4n) is 6.41. The molecule has 1 amide bonds. The van der Waals surface area contributed by atoms with Gasteiger partial charge in [0.2, 0.25) is 5.91 Å². The maximum Gasteiger partial charge on any atom is 0.308 e. The monoisotopic (exact) mass is 535 g/mol. The highest BCUT2D eigenvalue weighted by molar-refractivity contribution is 5.95. The van der Waals surface area contributed by atoms with Crippen LogP contribution < -0.4 is 15.4 Å². The summed E-state index contributed by atoms with van der Waals surface area (Å²) in [5, 5.41) is 10.5. The Kier molecular flexibility index (Phi) is 10.0. The van der Waals surface area contributed by atoms with Crippen molar-refractivity contribution in [2.24, 2.45) is 17.6 Å². The number of carbonyl (C=O) groups is 2. The van der Waals surface area contributed by atoms with Crippen molar-refractivity contribution in [2.75, 3.05) is 31.1 Å². The summed E-state index contributed by atoms with van der Waals surface area (Å²) in [5.74, 6) is -0.234. The van der Waals surface area contributed by atoms with Gasteiger partial charge in [-0.2, -0.15) is 0 Å². The molecule has 0 bridgehead atoms. The lowest BCUT2D eigenvalue weighted by atomic mass is 9.81. The highest BCUT2D eigenvalue weighted by Gasteiger charge is 2.47. The van der Waals surface area contributed by atoms with Crippen molar-refractivity contribution in [3.8, 4) is 5.75 Å². The number of carboxylic acids is 1. The number of anilines is 1. The maximum atomic E-state index is 13.9. The molecule has 2 aromatic rings. The number of nitrogens with two attached hydrogens (primary N) is 1. The van der Waals surface area contributed by atoms with Gasteiger partial charge in [0.25, 0.3) is 0 Å². The van der Waals surface area contributed by atoms with Gasteiger partial charge in [-0.1, -0.05) is 64.3 Å². The Labute approximate surface area is 233 Å². The van der Waals surface area contributed by atoms with Gasteiger partial charge in [0.05, 0.1) is 19.1 Å². The molecule has 212 valence electrons. The summed E-state index contributed by atoms with van der Waals surface area (Å²) < 4.78 is 5.70. The molecule has 1 fully saturated rings. The number of ether oxygens (including phenoxy) is 1. The summed E-state index contributed by atoms with van der Waals surface area (Å²) in [4.78, 5) is 30.8. The Morgan fingerprint density at radius 3 is 2.72 bits per heavy atom. The number of carboxylic acid groups (broad SMARTS) is 1.